The Morgan fingerprint density at radius 1 is 0.256 bits per heavy atom. The predicted molar refractivity (Wildman–Crippen MR) is 358 cm³/mol. The molecule has 0 rings (SSSR count). The van der Waals surface area contributed by atoms with Gasteiger partial charge in [0.1, 0.15) is 13.2 Å². The number of rotatable bonds is 66. The largest absolute Gasteiger partial charge is 0.462 e. The standard InChI is InChI=1S/C76H136O6/c1-4-7-10-13-15-17-19-21-23-25-27-29-31-33-35-36-37-38-39-40-41-43-44-46-48-50-52-54-56-58-60-63-66-69-75(78)81-72-73(71-80-74(77)68-65-62-12-9-6-3)82-76(79)70-67-64-61-59-57-55-53-51-49-47-45-42-34-32-30-28-26-24-22-20-18-16-14-11-8-5-2/h7,10,15,17,21,23,27,29,33,35,37-38,73H,4-6,8-9,11-14,16,18-20,22,24-26,28,30-32,34,36,39-72H2,1-3H3/b10-7-,17-15-,23-21-,29-27-,35-33-,38-37-. The Balaban J connectivity index is 3.94. The normalized spacial score (nSPS) is 12.5. The van der Waals surface area contributed by atoms with Crippen LogP contribution in [0.5, 0.6) is 0 Å². The molecular weight excluding hydrogens is 1010 g/mol. The number of ether oxygens (including phenoxy) is 3. The van der Waals surface area contributed by atoms with Crippen molar-refractivity contribution in [1.29, 1.82) is 0 Å². The molecule has 0 aliphatic carbocycles. The monoisotopic (exact) mass is 1150 g/mol. The average molecular weight is 1150 g/mol. The molecule has 0 aliphatic rings. The first-order valence-corrected chi connectivity index (χ1v) is 35.9. The fraction of sp³-hybridized carbons (Fsp3) is 0.803. The SMILES string of the molecule is CC/C=C\C/C=C\C/C=C\C/C=C\C/C=C\C/C=C\CCCCCCCCCCCCCCCCC(=O)OCC(COC(=O)CCCCCCC)OC(=O)CCCCCCCCCCCCCCCCCCCCCCCCCCCC. The van der Waals surface area contributed by atoms with Crippen molar-refractivity contribution in [2.75, 3.05) is 13.2 Å². The Morgan fingerprint density at radius 2 is 0.476 bits per heavy atom. The van der Waals surface area contributed by atoms with Crippen LogP contribution in [-0.2, 0) is 28.6 Å². The van der Waals surface area contributed by atoms with Crippen LogP contribution in [0, 0.1) is 0 Å². The summed E-state index contributed by atoms with van der Waals surface area (Å²) < 4.78 is 16.8. The van der Waals surface area contributed by atoms with Gasteiger partial charge < -0.3 is 14.2 Å². The minimum absolute atomic E-state index is 0.0705. The minimum Gasteiger partial charge on any atom is -0.462 e. The van der Waals surface area contributed by atoms with Crippen LogP contribution in [-0.4, -0.2) is 37.2 Å². The smallest absolute Gasteiger partial charge is 0.306 e. The lowest BCUT2D eigenvalue weighted by Crippen LogP contribution is -2.30. The molecule has 0 bridgehead atoms. The average Bonchev–Trinajstić information content (AvgIpc) is 3.47. The topological polar surface area (TPSA) is 78.9 Å². The molecule has 1 unspecified atom stereocenters. The quantitative estimate of drug-likeness (QED) is 0.0261. The van der Waals surface area contributed by atoms with E-state index in [-0.39, 0.29) is 31.1 Å². The summed E-state index contributed by atoms with van der Waals surface area (Å²) in [5.74, 6) is -0.863. The molecule has 0 heterocycles. The van der Waals surface area contributed by atoms with Crippen molar-refractivity contribution in [3.8, 4) is 0 Å². The summed E-state index contributed by atoms with van der Waals surface area (Å²) in [6.07, 6.45) is 92.8. The molecule has 0 amide bonds. The van der Waals surface area contributed by atoms with Crippen molar-refractivity contribution < 1.29 is 28.6 Å². The highest BCUT2D eigenvalue weighted by molar-refractivity contribution is 5.71. The maximum atomic E-state index is 12.9. The number of carbonyl (C=O) groups is 3. The number of hydrogen-bond donors (Lipinski definition) is 0. The number of carbonyl (C=O) groups excluding carboxylic acids is 3. The first-order valence-electron chi connectivity index (χ1n) is 35.9. The molecule has 0 spiro atoms. The van der Waals surface area contributed by atoms with Crippen molar-refractivity contribution in [3.05, 3.63) is 72.9 Å². The molecule has 1 atom stereocenters. The van der Waals surface area contributed by atoms with E-state index < -0.39 is 6.10 Å². The predicted octanol–water partition coefficient (Wildman–Crippen LogP) is 24.8. The van der Waals surface area contributed by atoms with Gasteiger partial charge in [0, 0.05) is 19.3 Å². The number of unbranched alkanes of at least 4 members (excludes halogenated alkanes) is 43. The van der Waals surface area contributed by atoms with Crippen molar-refractivity contribution >= 4 is 17.9 Å². The Labute approximate surface area is 510 Å². The Kier molecular flexibility index (Phi) is 67.6. The van der Waals surface area contributed by atoms with Crippen molar-refractivity contribution in [3.63, 3.8) is 0 Å². The summed E-state index contributed by atoms with van der Waals surface area (Å²) in [5, 5.41) is 0. The zero-order valence-electron chi connectivity index (χ0n) is 54.8. The fourth-order valence-corrected chi connectivity index (χ4v) is 10.6. The van der Waals surface area contributed by atoms with E-state index in [0.717, 1.165) is 103 Å². The summed E-state index contributed by atoms with van der Waals surface area (Å²) >= 11 is 0. The summed E-state index contributed by atoms with van der Waals surface area (Å²) in [6, 6.07) is 0. The molecule has 6 heteroatoms. The van der Waals surface area contributed by atoms with E-state index in [1.165, 1.54) is 231 Å². The molecule has 6 nitrogen and oxygen atoms in total. The zero-order valence-corrected chi connectivity index (χ0v) is 54.8. The van der Waals surface area contributed by atoms with Gasteiger partial charge in [-0.05, 0) is 70.6 Å². The summed E-state index contributed by atoms with van der Waals surface area (Å²) in [4.78, 5) is 38.0. The van der Waals surface area contributed by atoms with Crippen LogP contribution in [0.2, 0.25) is 0 Å². The van der Waals surface area contributed by atoms with Gasteiger partial charge in [0.15, 0.2) is 6.10 Å². The van der Waals surface area contributed by atoms with E-state index in [0.29, 0.717) is 19.3 Å². The fourth-order valence-electron chi connectivity index (χ4n) is 10.6. The Bertz CT molecular complexity index is 1500. The molecule has 476 valence electrons. The van der Waals surface area contributed by atoms with E-state index >= 15 is 0 Å². The number of hydrogen-bond acceptors (Lipinski definition) is 6. The molecule has 0 aromatic carbocycles. The van der Waals surface area contributed by atoms with Crippen LogP contribution in [0.15, 0.2) is 72.9 Å². The minimum atomic E-state index is -0.769. The second kappa shape index (κ2) is 70.3. The van der Waals surface area contributed by atoms with E-state index in [1.807, 2.05) is 0 Å². The molecule has 0 fully saturated rings. The van der Waals surface area contributed by atoms with Crippen LogP contribution < -0.4 is 0 Å². The van der Waals surface area contributed by atoms with Crippen LogP contribution in [0.1, 0.15) is 374 Å². The maximum absolute atomic E-state index is 12.9. The summed E-state index contributed by atoms with van der Waals surface area (Å²) in [7, 11) is 0. The van der Waals surface area contributed by atoms with Crippen LogP contribution in [0.4, 0.5) is 0 Å². The first kappa shape index (κ1) is 78.8. The molecule has 82 heavy (non-hydrogen) atoms. The van der Waals surface area contributed by atoms with Crippen LogP contribution in [0.3, 0.4) is 0 Å². The van der Waals surface area contributed by atoms with Crippen molar-refractivity contribution in [1.82, 2.24) is 0 Å². The summed E-state index contributed by atoms with van der Waals surface area (Å²) in [6.45, 7) is 6.50. The van der Waals surface area contributed by atoms with Gasteiger partial charge in [-0.3, -0.25) is 14.4 Å². The van der Waals surface area contributed by atoms with Gasteiger partial charge in [0.05, 0.1) is 0 Å². The van der Waals surface area contributed by atoms with E-state index in [9.17, 15) is 14.4 Å². The van der Waals surface area contributed by atoms with Gasteiger partial charge in [0.25, 0.3) is 0 Å². The highest BCUT2D eigenvalue weighted by Crippen LogP contribution is 2.18. The van der Waals surface area contributed by atoms with Crippen LogP contribution >= 0.6 is 0 Å². The molecule has 0 saturated heterocycles. The Morgan fingerprint density at radius 3 is 0.744 bits per heavy atom. The third kappa shape index (κ3) is 67.6. The van der Waals surface area contributed by atoms with Gasteiger partial charge in [-0.25, -0.2) is 0 Å². The zero-order chi connectivity index (χ0) is 59.2. The van der Waals surface area contributed by atoms with Gasteiger partial charge in [-0.15, -0.1) is 0 Å². The van der Waals surface area contributed by atoms with E-state index in [4.69, 9.17) is 14.2 Å². The molecule has 0 aliphatic heterocycles. The molecule has 0 N–H and O–H groups in total. The highest BCUT2D eigenvalue weighted by Gasteiger charge is 2.19. The highest BCUT2D eigenvalue weighted by atomic mass is 16.6. The third-order valence-electron chi connectivity index (χ3n) is 16.0. The van der Waals surface area contributed by atoms with Crippen LogP contribution in [0.25, 0.3) is 0 Å². The second-order valence-electron chi connectivity index (χ2n) is 24.1. The third-order valence-corrected chi connectivity index (χ3v) is 16.0. The van der Waals surface area contributed by atoms with Crippen molar-refractivity contribution in [2.45, 2.75) is 380 Å². The van der Waals surface area contributed by atoms with Crippen molar-refractivity contribution in [2.24, 2.45) is 0 Å². The molecule has 0 aromatic rings. The van der Waals surface area contributed by atoms with E-state index in [2.05, 4.69) is 93.7 Å². The summed E-state index contributed by atoms with van der Waals surface area (Å²) in [5.41, 5.74) is 0. The number of allylic oxidation sites excluding steroid dienone is 12. The van der Waals surface area contributed by atoms with Gasteiger partial charge >= 0.3 is 17.9 Å². The number of esters is 3. The molecule has 0 radical (unpaired) electrons. The lowest BCUT2D eigenvalue weighted by atomic mass is 10.0. The van der Waals surface area contributed by atoms with Gasteiger partial charge in [-0.2, -0.15) is 0 Å². The molecular formula is C76H136O6. The Hall–Kier alpha value is -3.15. The molecule has 0 aromatic heterocycles. The first-order chi connectivity index (χ1) is 40.5. The van der Waals surface area contributed by atoms with E-state index in [1.54, 1.807) is 0 Å². The lowest BCUT2D eigenvalue weighted by Gasteiger charge is -2.18. The lowest BCUT2D eigenvalue weighted by molar-refractivity contribution is -0.167. The molecule has 0 saturated carbocycles. The maximum Gasteiger partial charge on any atom is 0.306 e. The van der Waals surface area contributed by atoms with Gasteiger partial charge in [-0.1, -0.05) is 357 Å². The van der Waals surface area contributed by atoms with Gasteiger partial charge in [0.2, 0.25) is 0 Å². The second-order valence-corrected chi connectivity index (χ2v) is 24.1.